The highest BCUT2D eigenvalue weighted by Crippen LogP contribution is 2.22. The van der Waals surface area contributed by atoms with Crippen LogP contribution in [-0.2, 0) is 11.2 Å². The number of piperidine rings is 1. The number of nitrogens with zero attached hydrogens (tertiary/aromatic N) is 2. The molecule has 2 aromatic carbocycles. The van der Waals surface area contributed by atoms with Gasteiger partial charge in [0.1, 0.15) is 0 Å². The zero-order chi connectivity index (χ0) is 17.8. The van der Waals surface area contributed by atoms with E-state index in [9.17, 15) is 4.79 Å². The van der Waals surface area contributed by atoms with Crippen molar-refractivity contribution in [1.29, 1.82) is 0 Å². The largest absolute Gasteiger partial charge is 0.376 e. The van der Waals surface area contributed by atoms with E-state index < -0.39 is 0 Å². The molecule has 0 atom stereocenters. The highest BCUT2D eigenvalue weighted by molar-refractivity contribution is 5.84. The predicted molar refractivity (Wildman–Crippen MR) is 104 cm³/mol. The van der Waals surface area contributed by atoms with E-state index in [1.807, 2.05) is 23.1 Å². The fourth-order valence-corrected chi connectivity index (χ4v) is 3.67. The van der Waals surface area contributed by atoms with Crippen molar-refractivity contribution in [2.24, 2.45) is 5.92 Å². The molecule has 2 heterocycles. The third-order valence-corrected chi connectivity index (χ3v) is 5.22. The molecule has 0 aliphatic carbocycles. The first-order valence-electron chi connectivity index (χ1n) is 9.26. The average molecular weight is 348 g/mol. The lowest BCUT2D eigenvalue weighted by Crippen LogP contribution is -2.41. The van der Waals surface area contributed by atoms with Crippen molar-refractivity contribution in [2.45, 2.75) is 19.3 Å². The SMILES string of the molecule is O=C(CNc1ccc2cn[nH]c2c1)N1CCC(Cc2ccccc2)CC1. The number of amides is 1. The summed E-state index contributed by atoms with van der Waals surface area (Å²) in [7, 11) is 0. The van der Waals surface area contributed by atoms with Crippen LogP contribution in [-0.4, -0.2) is 40.6 Å². The van der Waals surface area contributed by atoms with Gasteiger partial charge in [-0.2, -0.15) is 5.10 Å². The summed E-state index contributed by atoms with van der Waals surface area (Å²) >= 11 is 0. The smallest absolute Gasteiger partial charge is 0.241 e. The van der Waals surface area contributed by atoms with Gasteiger partial charge in [0.15, 0.2) is 0 Å². The quantitative estimate of drug-likeness (QED) is 0.742. The van der Waals surface area contributed by atoms with Crippen LogP contribution in [0.3, 0.4) is 0 Å². The highest BCUT2D eigenvalue weighted by atomic mass is 16.2. The molecule has 3 aromatic rings. The van der Waals surface area contributed by atoms with Crippen molar-refractivity contribution in [2.75, 3.05) is 25.0 Å². The normalized spacial score (nSPS) is 15.3. The van der Waals surface area contributed by atoms with Gasteiger partial charge in [-0.1, -0.05) is 30.3 Å². The van der Waals surface area contributed by atoms with Crippen LogP contribution in [0.4, 0.5) is 5.69 Å². The second-order valence-electron chi connectivity index (χ2n) is 7.04. The second-order valence-corrected chi connectivity index (χ2v) is 7.04. The number of aromatic amines is 1. The van der Waals surface area contributed by atoms with E-state index in [2.05, 4.69) is 45.8 Å². The minimum Gasteiger partial charge on any atom is -0.376 e. The van der Waals surface area contributed by atoms with E-state index in [0.717, 1.165) is 48.9 Å². The molecule has 4 rings (SSSR count). The molecule has 0 radical (unpaired) electrons. The molecule has 0 spiro atoms. The van der Waals surface area contributed by atoms with Gasteiger partial charge in [0.05, 0.1) is 18.3 Å². The number of fused-ring (bicyclic) bond motifs is 1. The molecule has 0 saturated carbocycles. The Morgan fingerprint density at radius 1 is 1.15 bits per heavy atom. The van der Waals surface area contributed by atoms with Crippen LogP contribution in [0.25, 0.3) is 10.9 Å². The van der Waals surface area contributed by atoms with Gasteiger partial charge in [-0.15, -0.1) is 0 Å². The molecule has 1 amide bonds. The van der Waals surface area contributed by atoms with Crippen LogP contribution in [0.2, 0.25) is 0 Å². The number of aromatic nitrogens is 2. The van der Waals surface area contributed by atoms with Crippen LogP contribution >= 0.6 is 0 Å². The number of hydrogen-bond acceptors (Lipinski definition) is 3. The monoisotopic (exact) mass is 348 g/mol. The summed E-state index contributed by atoms with van der Waals surface area (Å²) < 4.78 is 0. The lowest BCUT2D eigenvalue weighted by atomic mass is 9.90. The van der Waals surface area contributed by atoms with Gasteiger partial charge in [0.2, 0.25) is 5.91 Å². The fraction of sp³-hybridized carbons (Fsp3) is 0.333. The van der Waals surface area contributed by atoms with Crippen LogP contribution in [0.5, 0.6) is 0 Å². The number of H-pyrrole nitrogens is 1. The number of likely N-dealkylation sites (tertiary alicyclic amines) is 1. The van der Waals surface area contributed by atoms with E-state index in [1.165, 1.54) is 5.56 Å². The van der Waals surface area contributed by atoms with Gasteiger partial charge >= 0.3 is 0 Å². The molecule has 5 nitrogen and oxygen atoms in total. The maximum Gasteiger partial charge on any atom is 0.241 e. The van der Waals surface area contributed by atoms with Gasteiger partial charge in [-0.3, -0.25) is 9.89 Å². The van der Waals surface area contributed by atoms with E-state index in [0.29, 0.717) is 12.5 Å². The van der Waals surface area contributed by atoms with Gasteiger partial charge in [0.25, 0.3) is 0 Å². The number of nitrogens with one attached hydrogen (secondary N) is 2. The molecule has 1 fully saturated rings. The third kappa shape index (κ3) is 3.87. The minimum absolute atomic E-state index is 0.174. The molecular formula is C21H24N4O. The molecule has 2 N–H and O–H groups in total. The number of benzene rings is 2. The number of rotatable bonds is 5. The van der Waals surface area contributed by atoms with Crippen molar-refractivity contribution in [3.63, 3.8) is 0 Å². The number of hydrogen-bond donors (Lipinski definition) is 2. The number of anilines is 1. The van der Waals surface area contributed by atoms with Crippen LogP contribution in [0.15, 0.2) is 54.7 Å². The molecule has 1 aromatic heterocycles. The molecule has 0 bridgehead atoms. The Morgan fingerprint density at radius 2 is 1.96 bits per heavy atom. The molecule has 26 heavy (non-hydrogen) atoms. The Bertz CT molecular complexity index is 866. The first-order chi connectivity index (χ1) is 12.8. The van der Waals surface area contributed by atoms with Crippen LogP contribution in [0, 0.1) is 5.92 Å². The van der Waals surface area contributed by atoms with Crippen LogP contribution < -0.4 is 5.32 Å². The summed E-state index contributed by atoms with van der Waals surface area (Å²) in [6.45, 7) is 2.05. The molecular weight excluding hydrogens is 324 g/mol. The van der Waals surface area contributed by atoms with Crippen LogP contribution in [0.1, 0.15) is 18.4 Å². The summed E-state index contributed by atoms with van der Waals surface area (Å²) in [6, 6.07) is 16.6. The fourth-order valence-electron chi connectivity index (χ4n) is 3.67. The van der Waals surface area contributed by atoms with Crippen molar-refractivity contribution in [1.82, 2.24) is 15.1 Å². The topological polar surface area (TPSA) is 61.0 Å². The first-order valence-corrected chi connectivity index (χ1v) is 9.26. The van der Waals surface area contributed by atoms with Gasteiger partial charge in [0, 0.05) is 24.2 Å². The highest BCUT2D eigenvalue weighted by Gasteiger charge is 2.22. The maximum absolute atomic E-state index is 12.5. The number of carbonyl (C=O) groups excluding carboxylic acids is 1. The molecule has 5 heteroatoms. The Balaban J connectivity index is 1.25. The van der Waals surface area contributed by atoms with Crippen molar-refractivity contribution in [3.8, 4) is 0 Å². The van der Waals surface area contributed by atoms with Gasteiger partial charge in [-0.25, -0.2) is 0 Å². The summed E-state index contributed by atoms with van der Waals surface area (Å²) in [5.41, 5.74) is 3.31. The van der Waals surface area contributed by atoms with Gasteiger partial charge < -0.3 is 10.2 Å². The average Bonchev–Trinajstić information content (AvgIpc) is 3.15. The standard InChI is InChI=1S/C21H24N4O/c26-21(15-22-19-7-6-18-14-23-24-20(18)13-19)25-10-8-17(9-11-25)12-16-4-2-1-3-5-16/h1-7,13-14,17,22H,8-12,15H2,(H,23,24). The predicted octanol–water partition coefficient (Wildman–Crippen LogP) is 3.46. The zero-order valence-corrected chi connectivity index (χ0v) is 14.8. The van der Waals surface area contributed by atoms with Crippen molar-refractivity contribution >= 4 is 22.5 Å². The second kappa shape index (κ2) is 7.60. The molecule has 1 aliphatic rings. The number of carbonyl (C=O) groups is 1. The van der Waals surface area contributed by atoms with Crippen molar-refractivity contribution in [3.05, 3.63) is 60.3 Å². The lowest BCUT2D eigenvalue weighted by molar-refractivity contribution is -0.130. The molecule has 1 saturated heterocycles. The summed E-state index contributed by atoms with van der Waals surface area (Å²) in [6.07, 6.45) is 5.08. The summed E-state index contributed by atoms with van der Waals surface area (Å²) in [4.78, 5) is 14.5. The Kier molecular flexibility index (Phi) is 4.86. The van der Waals surface area contributed by atoms with E-state index in [1.54, 1.807) is 6.20 Å². The Hall–Kier alpha value is -2.82. The maximum atomic E-state index is 12.5. The van der Waals surface area contributed by atoms with Gasteiger partial charge in [-0.05, 0) is 48.9 Å². The molecule has 1 aliphatic heterocycles. The van der Waals surface area contributed by atoms with E-state index >= 15 is 0 Å². The third-order valence-electron chi connectivity index (χ3n) is 5.22. The molecule has 0 unspecified atom stereocenters. The zero-order valence-electron chi connectivity index (χ0n) is 14.8. The van der Waals surface area contributed by atoms with E-state index in [4.69, 9.17) is 0 Å². The van der Waals surface area contributed by atoms with E-state index in [-0.39, 0.29) is 5.91 Å². The Labute approximate surface area is 153 Å². The Morgan fingerprint density at radius 3 is 2.77 bits per heavy atom. The summed E-state index contributed by atoms with van der Waals surface area (Å²) in [5.74, 6) is 0.852. The lowest BCUT2D eigenvalue weighted by Gasteiger charge is -2.32. The minimum atomic E-state index is 0.174. The summed E-state index contributed by atoms with van der Waals surface area (Å²) in [5, 5.41) is 11.3. The first kappa shape index (κ1) is 16.6. The van der Waals surface area contributed by atoms with Crippen molar-refractivity contribution < 1.29 is 4.79 Å². The molecule has 134 valence electrons.